The Morgan fingerprint density at radius 3 is 0.778 bits per heavy atom. The normalized spacial score (nSPS) is 10.4. The second kappa shape index (κ2) is 43.4. The van der Waals surface area contributed by atoms with Crippen LogP contribution < -0.4 is 31.8 Å². The number of carboxylic acid groups (broad SMARTS) is 2. The third-order valence-electron chi connectivity index (χ3n) is 8.25. The molecule has 0 amide bonds. The molecule has 0 aliphatic carbocycles. The van der Waals surface area contributed by atoms with Crippen molar-refractivity contribution in [3.63, 3.8) is 0 Å². The Balaban J connectivity index is -0.000000901. The van der Waals surface area contributed by atoms with E-state index < -0.39 is 67.6 Å². The summed E-state index contributed by atoms with van der Waals surface area (Å²) >= 11 is 28.8. The summed E-state index contributed by atoms with van der Waals surface area (Å²) in [6.45, 7) is 0. The topological polar surface area (TPSA) is 215 Å². The van der Waals surface area contributed by atoms with E-state index in [2.05, 4.69) is 180 Å². The first-order chi connectivity index (χ1) is 36.5. The fraction of sp³-hybridized carbons (Fsp3) is 0.0800. The Hall–Kier alpha value is -3.18. The molecule has 0 atom stereocenters. The number of carbonyl (C=O) groups is 2. The van der Waals surface area contributed by atoms with Gasteiger partial charge in [-0.3, -0.25) is 9.97 Å². The molecule has 0 spiro atoms. The number of halogens is 12. The molecule has 0 radical (unpaired) electrons. The van der Waals surface area contributed by atoms with Gasteiger partial charge in [-0.15, -0.1) is 10.6 Å². The van der Waals surface area contributed by atoms with Crippen molar-refractivity contribution in [2.24, 2.45) is 0 Å². The molecular weight excluding hydrogens is 1690 g/mol. The van der Waals surface area contributed by atoms with Gasteiger partial charge in [0.15, 0.2) is 28.8 Å². The molecule has 0 unspecified atom stereocenters. The van der Waals surface area contributed by atoms with Crippen LogP contribution in [0.15, 0.2) is 219 Å². The van der Waals surface area contributed by atoms with Crippen molar-refractivity contribution in [2.45, 2.75) is 19.6 Å². The molecule has 0 fully saturated rings. The fourth-order valence-electron chi connectivity index (χ4n) is 5.21. The first-order valence-corrected chi connectivity index (χ1v) is 29.0. The fourth-order valence-corrected chi connectivity index (χ4v) is 9.82. The van der Waals surface area contributed by atoms with Gasteiger partial charge in [-0.1, -0.05) is 207 Å². The maximum absolute atomic E-state index is 10.7. The summed E-state index contributed by atoms with van der Waals surface area (Å²) in [5.74, 6) is -1.88. The summed E-state index contributed by atoms with van der Waals surface area (Å²) in [5.41, 5.74) is -10.9. The van der Waals surface area contributed by atoms with Crippen molar-refractivity contribution < 1.29 is 134 Å². The number of nitrogens with zero attached hydrogens (tertiary/aromatic N) is 2. The molecule has 2 aromatic heterocycles. The van der Waals surface area contributed by atoms with Gasteiger partial charge in [0.25, 0.3) is 0 Å². The van der Waals surface area contributed by atoms with Crippen molar-refractivity contribution >= 4 is 149 Å². The smallest absolute Gasteiger partial charge is 0.741 e. The number of carboxylic acids is 2. The monoisotopic (exact) mass is 1730 g/mol. The van der Waals surface area contributed by atoms with E-state index in [-0.39, 0.29) is 73.0 Å². The van der Waals surface area contributed by atoms with E-state index in [1.54, 1.807) is 12.1 Å². The Kier molecular flexibility index (Phi) is 44.0. The molecule has 8 rings (SSSR count). The minimum atomic E-state index is -6.09. The van der Waals surface area contributed by atoms with Crippen molar-refractivity contribution in [3.05, 3.63) is 230 Å². The van der Waals surface area contributed by atoms with Crippen molar-refractivity contribution in [1.82, 2.24) is 9.97 Å². The maximum Gasteiger partial charge on any atom is 2.00 e. The van der Waals surface area contributed by atoms with Crippen LogP contribution in [-0.2, 0) is 82.1 Å². The number of benzene rings is 4. The zero-order valence-electron chi connectivity index (χ0n) is 40.2. The molecule has 2 heterocycles. The SMILES string of the molecule is ClC(Cl)Cl.ClC(Cl)Cl.O=C(O)c1cccnc1.O=C(O)c1cccnc1.O=S(=O)([O-])C(F)(F)F.O=S(=O)([O-])C(F)(F)F.[Au+].[Au+].[Fe+2].c1ccc(P(c2ccccc2)[c-]2cccc2)cc1.c1ccc(P(c2ccccc2)[c-]2cccc2)cc1. The first kappa shape index (κ1) is 82.0. The van der Waals surface area contributed by atoms with Gasteiger partial charge in [-0.2, -0.15) is 50.6 Å². The molecule has 446 valence electrons. The van der Waals surface area contributed by atoms with Crippen LogP contribution in [0.4, 0.5) is 26.3 Å². The number of hydrogen-bond acceptors (Lipinski definition) is 10. The average Bonchev–Trinajstić information content (AvgIpc) is 4.12. The molecule has 0 saturated carbocycles. The van der Waals surface area contributed by atoms with E-state index in [1.807, 2.05) is 0 Å². The number of rotatable bonds is 8. The predicted molar refractivity (Wildman–Crippen MR) is 298 cm³/mol. The zero-order valence-corrected chi connectivity index (χ0v) is 53.6. The van der Waals surface area contributed by atoms with Gasteiger partial charge in [0.05, 0.1) is 11.1 Å². The summed E-state index contributed by atoms with van der Waals surface area (Å²) in [6.07, 6.45) is 5.68. The summed E-state index contributed by atoms with van der Waals surface area (Å²) in [6, 6.07) is 66.7. The maximum atomic E-state index is 10.7. The molecule has 2 N–H and O–H groups in total. The molecule has 0 aliphatic heterocycles. The third-order valence-corrected chi connectivity index (χ3v) is 14.3. The standard InChI is InChI=1S/2C17H14P.2C6H5NO2.2CHCl3.2CHF3O3S.2Au.Fe/c2*1-3-9-15(10-4-1)18(17-13-7-8-14-17)16-11-5-2-6-12-16;2*8-6(9)5-2-1-3-7-4-5;2*2-1(3)4;2*2-1(3,4)8(5,6)7;;;/h2*1-14H;2*1-4H,(H,8,9);2*1H;2*(H,5,6,7);;;/q2*-1;;;;;;;2*+1;+2/p-2. The molecule has 8 aromatic rings. The molecule has 31 heteroatoms. The first-order valence-electron chi connectivity index (χ1n) is 20.9. The second-order valence-electron chi connectivity index (χ2n) is 13.7. The number of alkyl halides is 12. The van der Waals surface area contributed by atoms with Crippen LogP contribution in [0.2, 0.25) is 0 Å². The van der Waals surface area contributed by atoms with Gasteiger partial charge in [-0.25, -0.2) is 50.7 Å². The van der Waals surface area contributed by atoms with Crippen LogP contribution in [0.5, 0.6) is 0 Å². The Bertz CT molecular complexity index is 2810. The van der Waals surface area contributed by atoms with E-state index in [4.69, 9.17) is 106 Å². The zero-order chi connectivity index (χ0) is 59.0. The van der Waals surface area contributed by atoms with E-state index in [0.29, 0.717) is 0 Å². The Morgan fingerprint density at radius 1 is 0.444 bits per heavy atom. The van der Waals surface area contributed by atoms with Crippen molar-refractivity contribution in [3.8, 4) is 0 Å². The van der Waals surface area contributed by atoms with Crippen LogP contribution in [0, 0.1) is 0 Å². The quantitative estimate of drug-likeness (QED) is 0.0276. The van der Waals surface area contributed by atoms with Gasteiger partial charge in [0.1, 0.15) is 0 Å². The average molecular weight is 1730 g/mol. The minimum absolute atomic E-state index is 0. The van der Waals surface area contributed by atoms with Crippen molar-refractivity contribution in [1.29, 1.82) is 0 Å². The molecular formula is C50H40Au2Cl6F6FeN2O10P2S2. The number of aromatic nitrogens is 2. The predicted octanol–water partition coefficient (Wildman–Crippen LogP) is 12.0. The largest absolute Gasteiger partial charge is 2.00 e. The summed E-state index contributed by atoms with van der Waals surface area (Å²) in [7, 11) is -13.0. The van der Waals surface area contributed by atoms with Crippen LogP contribution in [0.3, 0.4) is 0 Å². The number of pyridine rings is 2. The van der Waals surface area contributed by atoms with E-state index in [9.17, 15) is 35.9 Å². The molecule has 0 aliphatic rings. The molecule has 12 nitrogen and oxygen atoms in total. The van der Waals surface area contributed by atoms with Crippen LogP contribution in [-0.4, -0.2) is 77.7 Å². The third kappa shape index (κ3) is 36.3. The Morgan fingerprint density at radius 2 is 0.642 bits per heavy atom. The Labute approximate surface area is 537 Å². The van der Waals surface area contributed by atoms with Gasteiger partial charge >= 0.3 is 84.8 Å². The molecule has 6 aromatic carbocycles. The van der Waals surface area contributed by atoms with Crippen molar-refractivity contribution in [2.75, 3.05) is 0 Å². The van der Waals surface area contributed by atoms with Crippen LogP contribution >= 0.6 is 85.4 Å². The summed E-state index contributed by atoms with van der Waals surface area (Å²) in [4.78, 5) is 27.6. The van der Waals surface area contributed by atoms with Gasteiger partial charge in [0, 0.05) is 24.8 Å². The number of aromatic carboxylic acids is 2. The molecule has 0 bridgehead atoms. The summed E-state index contributed by atoms with van der Waals surface area (Å²) in [5, 5.41) is 25.2. The summed E-state index contributed by atoms with van der Waals surface area (Å²) < 4.78 is 116. The van der Waals surface area contributed by atoms with E-state index in [0.717, 1.165) is 0 Å². The molecule has 0 saturated heterocycles. The van der Waals surface area contributed by atoms with E-state index >= 15 is 0 Å². The van der Waals surface area contributed by atoms with Gasteiger partial charge in [-0.05, 0) is 45.5 Å². The van der Waals surface area contributed by atoms with E-state index in [1.165, 1.54) is 68.7 Å². The van der Waals surface area contributed by atoms with Crippen LogP contribution in [0.1, 0.15) is 20.7 Å². The molecule has 81 heavy (non-hydrogen) atoms. The second-order valence-corrected chi connectivity index (χ2v) is 24.8. The number of hydrogen-bond donors (Lipinski definition) is 2. The minimum Gasteiger partial charge on any atom is -0.741 e. The van der Waals surface area contributed by atoms with Gasteiger partial charge < -0.3 is 19.3 Å². The van der Waals surface area contributed by atoms with Crippen LogP contribution in [0.25, 0.3) is 0 Å². The van der Waals surface area contributed by atoms with Gasteiger partial charge in [0.2, 0.25) is 0 Å².